The molecule has 0 aliphatic rings. The summed E-state index contributed by atoms with van der Waals surface area (Å²) in [5, 5.41) is 2.29. The minimum atomic E-state index is -0.654. The Morgan fingerprint density at radius 3 is 1.70 bits per heavy atom. The number of thiocarbonyl (C=S) groups is 1. The molecule has 0 aliphatic heterocycles. The molecule has 0 radical (unpaired) electrons. The van der Waals surface area contributed by atoms with Gasteiger partial charge in [0.05, 0.1) is 22.9 Å². The summed E-state index contributed by atoms with van der Waals surface area (Å²) in [7, 11) is 0. The highest BCUT2D eigenvalue weighted by molar-refractivity contribution is 7.78. The zero-order chi connectivity index (χ0) is 25.3. The average Bonchev–Trinajstić information content (AvgIpc) is 2.67. The van der Waals surface area contributed by atoms with Crippen molar-refractivity contribution in [2.75, 3.05) is 13.1 Å². The molecule has 0 heterocycles. The summed E-state index contributed by atoms with van der Waals surface area (Å²) in [6.07, 6.45) is 0.294. The molecule has 0 fully saturated rings. The SMILES string of the molecule is CC(=O)N(CC(C)N(C(C)=O)C(C)=O)CC(Cc1ccc(N=C=S)cc1)N(C(C)=O)C(C)=O. The number of isothiocyanates is 1. The average molecular weight is 475 g/mol. The molecule has 33 heavy (non-hydrogen) atoms. The highest BCUT2D eigenvalue weighted by Crippen LogP contribution is 2.17. The number of benzene rings is 1. The Hall–Kier alpha value is -3.23. The highest BCUT2D eigenvalue weighted by atomic mass is 32.1. The third kappa shape index (κ3) is 8.32. The van der Waals surface area contributed by atoms with Crippen LogP contribution in [0.2, 0.25) is 0 Å². The van der Waals surface area contributed by atoms with E-state index in [-0.39, 0.29) is 19.0 Å². The molecule has 2 unspecified atom stereocenters. The number of nitrogens with zero attached hydrogens (tertiary/aromatic N) is 4. The van der Waals surface area contributed by atoms with Gasteiger partial charge in [-0.1, -0.05) is 12.1 Å². The van der Waals surface area contributed by atoms with Gasteiger partial charge in [-0.3, -0.25) is 33.8 Å². The van der Waals surface area contributed by atoms with Gasteiger partial charge in [0.25, 0.3) is 0 Å². The summed E-state index contributed by atoms with van der Waals surface area (Å²) >= 11 is 4.60. The second kappa shape index (κ2) is 12.7. The van der Waals surface area contributed by atoms with Crippen molar-refractivity contribution in [3.05, 3.63) is 29.8 Å². The predicted molar refractivity (Wildman–Crippen MR) is 127 cm³/mol. The topological polar surface area (TPSA) is 107 Å². The van der Waals surface area contributed by atoms with Crippen molar-refractivity contribution in [2.24, 2.45) is 4.99 Å². The van der Waals surface area contributed by atoms with Gasteiger partial charge in [-0.25, -0.2) is 0 Å². The van der Waals surface area contributed by atoms with Crippen molar-refractivity contribution in [3.63, 3.8) is 0 Å². The fourth-order valence-electron chi connectivity index (χ4n) is 3.83. The van der Waals surface area contributed by atoms with Crippen LogP contribution in [-0.2, 0) is 30.4 Å². The van der Waals surface area contributed by atoms with Gasteiger partial charge in [-0.15, -0.1) is 0 Å². The zero-order valence-electron chi connectivity index (χ0n) is 19.8. The van der Waals surface area contributed by atoms with Crippen LogP contribution in [0.25, 0.3) is 0 Å². The van der Waals surface area contributed by atoms with Crippen molar-refractivity contribution in [2.45, 2.75) is 60.0 Å². The molecule has 0 bridgehead atoms. The quantitative estimate of drug-likeness (QED) is 0.402. The lowest BCUT2D eigenvalue weighted by molar-refractivity contribution is -0.147. The Morgan fingerprint density at radius 2 is 1.30 bits per heavy atom. The Bertz CT molecular complexity index is 928. The number of imide groups is 2. The van der Waals surface area contributed by atoms with Crippen LogP contribution in [0, 0.1) is 0 Å². The molecule has 0 saturated carbocycles. The first kappa shape index (κ1) is 27.8. The number of carbonyl (C=O) groups is 5. The van der Waals surface area contributed by atoms with Crippen molar-refractivity contribution >= 4 is 52.6 Å². The lowest BCUT2D eigenvalue weighted by Crippen LogP contribution is -2.53. The molecule has 1 rings (SSSR count). The van der Waals surface area contributed by atoms with E-state index in [1.165, 1.54) is 39.5 Å². The Balaban J connectivity index is 3.26. The number of carbonyl (C=O) groups excluding carboxylic acids is 5. The molecule has 178 valence electrons. The van der Waals surface area contributed by atoms with Crippen LogP contribution in [0.5, 0.6) is 0 Å². The molecule has 0 aliphatic carbocycles. The molecule has 0 spiro atoms. The van der Waals surface area contributed by atoms with Gasteiger partial charge in [0.1, 0.15) is 0 Å². The molecule has 0 aromatic heterocycles. The van der Waals surface area contributed by atoms with E-state index in [1.54, 1.807) is 31.2 Å². The van der Waals surface area contributed by atoms with Crippen LogP contribution in [0.4, 0.5) is 5.69 Å². The van der Waals surface area contributed by atoms with Gasteiger partial charge in [0, 0.05) is 47.7 Å². The van der Waals surface area contributed by atoms with E-state index in [0.717, 1.165) is 15.4 Å². The number of amides is 5. The van der Waals surface area contributed by atoms with Crippen LogP contribution >= 0.6 is 12.2 Å². The summed E-state index contributed by atoms with van der Waals surface area (Å²) in [4.78, 5) is 68.3. The van der Waals surface area contributed by atoms with Gasteiger partial charge < -0.3 is 4.90 Å². The van der Waals surface area contributed by atoms with Gasteiger partial charge in [-0.2, -0.15) is 4.99 Å². The van der Waals surface area contributed by atoms with Crippen LogP contribution in [0.3, 0.4) is 0 Å². The first-order valence-corrected chi connectivity index (χ1v) is 10.8. The maximum Gasteiger partial charge on any atom is 0.226 e. The maximum absolute atomic E-state index is 12.4. The first-order valence-electron chi connectivity index (χ1n) is 10.4. The van der Waals surface area contributed by atoms with Gasteiger partial charge in [-0.05, 0) is 43.3 Å². The Labute approximate surface area is 199 Å². The van der Waals surface area contributed by atoms with Gasteiger partial charge in [0.15, 0.2) is 0 Å². The third-order valence-electron chi connectivity index (χ3n) is 5.11. The molecule has 1 aromatic carbocycles. The van der Waals surface area contributed by atoms with Crippen molar-refractivity contribution in [3.8, 4) is 0 Å². The normalized spacial score (nSPS) is 12.1. The highest BCUT2D eigenvalue weighted by Gasteiger charge is 2.30. The summed E-state index contributed by atoms with van der Waals surface area (Å²) in [6.45, 7) is 8.28. The van der Waals surface area contributed by atoms with Crippen LogP contribution in [-0.4, -0.2) is 74.6 Å². The lowest BCUT2D eigenvalue weighted by Gasteiger charge is -2.36. The Morgan fingerprint density at radius 1 is 0.818 bits per heavy atom. The molecule has 5 amide bonds. The van der Waals surface area contributed by atoms with Crippen LogP contribution in [0.1, 0.15) is 47.1 Å². The summed E-state index contributed by atoms with van der Waals surface area (Å²) in [5.41, 5.74) is 1.44. The molecule has 10 heteroatoms. The molecule has 2 atom stereocenters. The number of aliphatic imine (C=N–C) groups is 1. The summed E-state index contributed by atoms with van der Waals surface area (Å²) < 4.78 is 0. The van der Waals surface area contributed by atoms with E-state index < -0.39 is 35.7 Å². The molecular weight excluding hydrogens is 444 g/mol. The van der Waals surface area contributed by atoms with Crippen molar-refractivity contribution < 1.29 is 24.0 Å². The minimum Gasteiger partial charge on any atom is -0.339 e. The van der Waals surface area contributed by atoms with Gasteiger partial charge in [0.2, 0.25) is 29.5 Å². The van der Waals surface area contributed by atoms with Crippen LogP contribution in [0.15, 0.2) is 29.3 Å². The van der Waals surface area contributed by atoms with E-state index >= 15 is 0 Å². The van der Waals surface area contributed by atoms with E-state index in [9.17, 15) is 24.0 Å². The lowest BCUT2D eigenvalue weighted by atomic mass is 10.0. The molecule has 9 nitrogen and oxygen atoms in total. The largest absolute Gasteiger partial charge is 0.339 e. The smallest absolute Gasteiger partial charge is 0.226 e. The number of hydrogen-bond donors (Lipinski definition) is 0. The first-order chi connectivity index (χ1) is 15.4. The summed E-state index contributed by atoms with van der Waals surface area (Å²) in [5.74, 6) is -2.05. The fraction of sp³-hybridized carbons (Fsp3) is 0.478. The van der Waals surface area contributed by atoms with E-state index in [1.807, 2.05) is 0 Å². The summed E-state index contributed by atoms with van der Waals surface area (Å²) in [6, 6.07) is 5.83. The predicted octanol–water partition coefficient (Wildman–Crippen LogP) is 2.36. The van der Waals surface area contributed by atoms with Crippen LogP contribution < -0.4 is 0 Å². The Kier molecular flexibility index (Phi) is 10.7. The van der Waals surface area contributed by atoms with Gasteiger partial charge >= 0.3 is 0 Å². The number of hydrogen-bond acceptors (Lipinski definition) is 7. The molecule has 0 saturated heterocycles. The second-order valence-corrected chi connectivity index (χ2v) is 8.00. The molecule has 1 aromatic rings. The zero-order valence-corrected chi connectivity index (χ0v) is 20.6. The van der Waals surface area contributed by atoms with E-state index in [4.69, 9.17) is 0 Å². The van der Waals surface area contributed by atoms with Crippen molar-refractivity contribution in [1.29, 1.82) is 0 Å². The van der Waals surface area contributed by atoms with E-state index in [2.05, 4.69) is 22.4 Å². The van der Waals surface area contributed by atoms with Crippen molar-refractivity contribution in [1.82, 2.24) is 14.7 Å². The van der Waals surface area contributed by atoms with E-state index in [0.29, 0.717) is 12.1 Å². The molecule has 0 N–H and O–H groups in total. The standard InChI is InChI=1S/C23H30N4O5S/c1-15(26(17(3)29)18(4)30)12-25(16(2)28)13-23(27(19(5)31)20(6)32)11-21-7-9-22(10-8-21)24-14-33/h7-10,15,23H,11-13H2,1-6H3. The second-order valence-electron chi connectivity index (χ2n) is 7.82. The fourth-order valence-corrected chi connectivity index (χ4v) is 3.94. The minimum absolute atomic E-state index is 0.0440. The molecular formula is C23H30N4O5S. The third-order valence-corrected chi connectivity index (χ3v) is 5.20. The number of rotatable bonds is 9. The monoisotopic (exact) mass is 474 g/mol. The maximum atomic E-state index is 12.4.